The number of carbonyl (C=O) groups excluding carboxylic acids is 2. The first-order chi connectivity index (χ1) is 12.8. The van der Waals surface area contributed by atoms with Crippen molar-refractivity contribution in [3.05, 3.63) is 35.9 Å². The molecule has 26 heavy (non-hydrogen) atoms. The first-order valence-electron chi connectivity index (χ1n) is 9.81. The second-order valence-corrected chi connectivity index (χ2v) is 7.30. The summed E-state index contributed by atoms with van der Waals surface area (Å²) >= 11 is 0. The minimum atomic E-state index is -0.0641. The second-order valence-electron chi connectivity index (χ2n) is 7.30. The van der Waals surface area contributed by atoms with Gasteiger partial charge in [0.1, 0.15) is 0 Å². The SMILES string of the molecule is O=C(c1nc(C(=O)N2CCCCCC2)n2ccccc12)N1CCCCC1. The number of imidazole rings is 1. The van der Waals surface area contributed by atoms with E-state index in [4.69, 9.17) is 0 Å². The summed E-state index contributed by atoms with van der Waals surface area (Å²) in [5, 5.41) is 0. The van der Waals surface area contributed by atoms with Crippen LogP contribution in [-0.2, 0) is 0 Å². The third kappa shape index (κ3) is 3.20. The Hall–Kier alpha value is -2.37. The molecule has 2 fully saturated rings. The van der Waals surface area contributed by atoms with Gasteiger partial charge in [-0.05, 0) is 44.2 Å². The van der Waals surface area contributed by atoms with E-state index >= 15 is 0 Å². The largest absolute Gasteiger partial charge is 0.337 e. The van der Waals surface area contributed by atoms with Crippen molar-refractivity contribution in [3.8, 4) is 0 Å². The molecule has 6 nitrogen and oxygen atoms in total. The van der Waals surface area contributed by atoms with E-state index in [1.807, 2.05) is 34.2 Å². The molecule has 0 radical (unpaired) electrons. The van der Waals surface area contributed by atoms with Crippen LogP contribution in [0.2, 0.25) is 0 Å². The normalized spacial score (nSPS) is 18.8. The smallest absolute Gasteiger partial charge is 0.290 e. The molecule has 6 heteroatoms. The van der Waals surface area contributed by atoms with Crippen molar-refractivity contribution in [3.63, 3.8) is 0 Å². The van der Waals surface area contributed by atoms with Gasteiger partial charge in [-0.2, -0.15) is 0 Å². The molecule has 0 bridgehead atoms. The molecule has 2 aromatic rings. The maximum Gasteiger partial charge on any atom is 0.290 e. The number of pyridine rings is 1. The molecule has 0 aliphatic carbocycles. The molecular weight excluding hydrogens is 328 g/mol. The van der Waals surface area contributed by atoms with Crippen LogP contribution >= 0.6 is 0 Å². The van der Waals surface area contributed by atoms with Gasteiger partial charge in [0, 0.05) is 32.4 Å². The highest BCUT2D eigenvalue weighted by molar-refractivity contribution is 6.02. The lowest BCUT2D eigenvalue weighted by Gasteiger charge is -2.25. The highest BCUT2D eigenvalue weighted by atomic mass is 16.2. The van der Waals surface area contributed by atoms with E-state index in [2.05, 4.69) is 4.98 Å². The van der Waals surface area contributed by atoms with Gasteiger partial charge in [0.05, 0.1) is 5.52 Å². The maximum atomic E-state index is 13.1. The highest BCUT2D eigenvalue weighted by Gasteiger charge is 2.28. The third-order valence-corrected chi connectivity index (χ3v) is 5.48. The van der Waals surface area contributed by atoms with Gasteiger partial charge in [-0.1, -0.05) is 18.9 Å². The van der Waals surface area contributed by atoms with Crippen LogP contribution in [0, 0.1) is 0 Å². The monoisotopic (exact) mass is 354 g/mol. The number of fused-ring (bicyclic) bond motifs is 1. The topological polar surface area (TPSA) is 57.9 Å². The van der Waals surface area contributed by atoms with E-state index in [0.717, 1.165) is 57.4 Å². The van der Waals surface area contributed by atoms with Crippen LogP contribution in [0.15, 0.2) is 24.4 Å². The first-order valence-corrected chi connectivity index (χ1v) is 9.81. The third-order valence-electron chi connectivity index (χ3n) is 5.48. The van der Waals surface area contributed by atoms with Crippen molar-refractivity contribution in [2.45, 2.75) is 44.9 Å². The van der Waals surface area contributed by atoms with Crippen LogP contribution in [0.1, 0.15) is 66.1 Å². The van der Waals surface area contributed by atoms with Crippen molar-refractivity contribution in [1.29, 1.82) is 0 Å². The predicted octanol–water partition coefficient (Wildman–Crippen LogP) is 2.98. The molecule has 2 aliphatic rings. The van der Waals surface area contributed by atoms with Gasteiger partial charge >= 0.3 is 0 Å². The lowest BCUT2D eigenvalue weighted by Crippen LogP contribution is -2.36. The molecule has 0 aromatic carbocycles. The average Bonchev–Trinajstić information content (AvgIpc) is 2.87. The van der Waals surface area contributed by atoms with Crippen LogP contribution in [0.25, 0.3) is 5.52 Å². The number of rotatable bonds is 2. The van der Waals surface area contributed by atoms with Gasteiger partial charge in [0.2, 0.25) is 5.82 Å². The molecule has 4 rings (SSSR count). The van der Waals surface area contributed by atoms with Crippen LogP contribution in [0.3, 0.4) is 0 Å². The van der Waals surface area contributed by atoms with Crippen molar-refractivity contribution < 1.29 is 9.59 Å². The fourth-order valence-electron chi connectivity index (χ4n) is 4.01. The van der Waals surface area contributed by atoms with E-state index in [-0.39, 0.29) is 11.8 Å². The number of hydrogen-bond donors (Lipinski definition) is 0. The van der Waals surface area contributed by atoms with Gasteiger partial charge in [0.25, 0.3) is 11.8 Å². The van der Waals surface area contributed by atoms with E-state index < -0.39 is 0 Å². The average molecular weight is 354 g/mol. The zero-order valence-electron chi connectivity index (χ0n) is 15.2. The lowest BCUT2D eigenvalue weighted by molar-refractivity contribution is 0.0720. The fraction of sp³-hybridized carbons (Fsp3) is 0.550. The number of nitrogens with zero attached hydrogens (tertiary/aromatic N) is 4. The Kier molecular flexibility index (Phi) is 4.91. The number of carbonyl (C=O) groups is 2. The lowest BCUT2D eigenvalue weighted by atomic mass is 10.1. The number of likely N-dealkylation sites (tertiary alicyclic amines) is 2. The molecule has 2 aromatic heterocycles. The van der Waals surface area contributed by atoms with Crippen molar-refractivity contribution in [2.75, 3.05) is 26.2 Å². The fourth-order valence-corrected chi connectivity index (χ4v) is 4.01. The molecule has 138 valence electrons. The Morgan fingerprint density at radius 2 is 1.35 bits per heavy atom. The van der Waals surface area contributed by atoms with Gasteiger partial charge in [-0.25, -0.2) is 4.98 Å². The molecule has 4 heterocycles. The Balaban J connectivity index is 1.69. The summed E-state index contributed by atoms with van der Waals surface area (Å²) in [6.07, 6.45) is 9.50. The summed E-state index contributed by atoms with van der Waals surface area (Å²) < 4.78 is 1.78. The van der Waals surface area contributed by atoms with Crippen molar-refractivity contribution >= 4 is 17.3 Å². The van der Waals surface area contributed by atoms with Crippen molar-refractivity contribution in [2.24, 2.45) is 0 Å². The first kappa shape index (κ1) is 17.1. The minimum Gasteiger partial charge on any atom is -0.337 e. The molecule has 2 amide bonds. The Morgan fingerprint density at radius 3 is 2.00 bits per heavy atom. The number of hydrogen-bond acceptors (Lipinski definition) is 3. The molecular formula is C20H26N4O2. The number of piperidine rings is 1. The van der Waals surface area contributed by atoms with E-state index in [0.29, 0.717) is 11.5 Å². The molecule has 0 N–H and O–H groups in total. The van der Waals surface area contributed by atoms with Gasteiger partial charge in [0.15, 0.2) is 5.69 Å². The van der Waals surface area contributed by atoms with Crippen molar-refractivity contribution in [1.82, 2.24) is 19.2 Å². The van der Waals surface area contributed by atoms with E-state index in [1.54, 1.807) is 4.40 Å². The van der Waals surface area contributed by atoms with E-state index in [9.17, 15) is 9.59 Å². The Bertz CT molecular complexity index is 799. The molecule has 0 saturated carbocycles. The summed E-state index contributed by atoms with van der Waals surface area (Å²) in [5.41, 5.74) is 1.13. The quantitative estimate of drug-likeness (QED) is 0.833. The Labute approximate surface area is 153 Å². The van der Waals surface area contributed by atoms with Crippen LogP contribution in [0.4, 0.5) is 0 Å². The minimum absolute atomic E-state index is 0.0525. The zero-order valence-corrected chi connectivity index (χ0v) is 15.2. The molecule has 0 spiro atoms. The van der Waals surface area contributed by atoms with Crippen LogP contribution in [0.5, 0.6) is 0 Å². The summed E-state index contributed by atoms with van der Waals surface area (Å²) in [4.78, 5) is 34.4. The summed E-state index contributed by atoms with van der Waals surface area (Å²) in [5.74, 6) is 0.247. The predicted molar refractivity (Wildman–Crippen MR) is 99.3 cm³/mol. The summed E-state index contributed by atoms with van der Waals surface area (Å²) in [6.45, 7) is 3.10. The number of aromatic nitrogens is 2. The standard InChI is InChI=1S/C20H26N4O2/c25-19(22-11-7-3-8-12-22)17-16-10-4-9-15-24(16)18(21-17)20(26)23-13-5-1-2-6-14-23/h4,9-10,15H,1-3,5-8,11-14H2. The zero-order chi connectivity index (χ0) is 17.9. The van der Waals surface area contributed by atoms with E-state index in [1.165, 1.54) is 19.3 Å². The summed E-state index contributed by atoms with van der Waals surface area (Å²) in [6, 6.07) is 5.65. The summed E-state index contributed by atoms with van der Waals surface area (Å²) in [7, 11) is 0. The van der Waals surface area contributed by atoms with Gasteiger partial charge in [-0.15, -0.1) is 0 Å². The molecule has 0 atom stereocenters. The Morgan fingerprint density at radius 1 is 0.769 bits per heavy atom. The maximum absolute atomic E-state index is 13.1. The highest BCUT2D eigenvalue weighted by Crippen LogP contribution is 2.20. The van der Waals surface area contributed by atoms with Crippen LogP contribution in [-0.4, -0.2) is 57.2 Å². The molecule has 0 unspecified atom stereocenters. The number of amides is 2. The molecule has 2 aliphatic heterocycles. The second kappa shape index (κ2) is 7.48. The van der Waals surface area contributed by atoms with Gasteiger partial charge < -0.3 is 9.80 Å². The molecule has 2 saturated heterocycles. The van der Waals surface area contributed by atoms with Gasteiger partial charge in [-0.3, -0.25) is 14.0 Å². The van der Waals surface area contributed by atoms with Crippen LogP contribution < -0.4 is 0 Å².